The summed E-state index contributed by atoms with van der Waals surface area (Å²) in [5.74, 6) is -1.06. The fourth-order valence-electron chi connectivity index (χ4n) is 2.28. The molecule has 8 nitrogen and oxygen atoms in total. The van der Waals surface area contributed by atoms with Gasteiger partial charge in [-0.3, -0.25) is 9.69 Å². The highest BCUT2D eigenvalue weighted by atomic mass is 32.1. The molecule has 0 aliphatic carbocycles. The van der Waals surface area contributed by atoms with Gasteiger partial charge in [0, 0.05) is 5.56 Å². The largest absolute Gasteiger partial charge is 0.467 e. The first kappa shape index (κ1) is 14.4. The molecule has 0 bridgehead atoms. The molecule has 1 aliphatic heterocycles. The van der Waals surface area contributed by atoms with E-state index in [0.717, 1.165) is 27.7 Å². The molecule has 1 aliphatic rings. The van der Waals surface area contributed by atoms with Crippen LogP contribution in [-0.2, 0) is 20.9 Å². The Labute approximate surface area is 129 Å². The van der Waals surface area contributed by atoms with Gasteiger partial charge in [-0.1, -0.05) is 12.1 Å². The maximum Gasteiger partial charge on any atom is 0.328 e. The molecule has 3 amide bonds. The van der Waals surface area contributed by atoms with Crippen molar-refractivity contribution in [1.82, 2.24) is 19.0 Å². The molecule has 1 N–H and O–H groups in total. The monoisotopic (exact) mass is 320 g/mol. The molecule has 1 aromatic carbocycles. The summed E-state index contributed by atoms with van der Waals surface area (Å²) in [7, 11) is 1.21. The van der Waals surface area contributed by atoms with Crippen LogP contribution in [-0.4, -0.2) is 44.7 Å². The summed E-state index contributed by atoms with van der Waals surface area (Å²) in [6.07, 6.45) is -0.121. The summed E-state index contributed by atoms with van der Waals surface area (Å²) < 4.78 is 12.8. The second-order valence-electron chi connectivity index (χ2n) is 4.76. The first-order chi connectivity index (χ1) is 10.6. The lowest BCUT2D eigenvalue weighted by atomic mass is 10.1. The maximum atomic E-state index is 12.1. The topological polar surface area (TPSA) is 101 Å². The summed E-state index contributed by atoms with van der Waals surface area (Å²) in [5.41, 5.74) is 2.12. The molecule has 2 heterocycles. The van der Waals surface area contributed by atoms with E-state index in [1.165, 1.54) is 7.11 Å². The van der Waals surface area contributed by atoms with Gasteiger partial charge in [-0.05, 0) is 6.07 Å². The molecule has 0 spiro atoms. The van der Waals surface area contributed by atoms with Crippen LogP contribution in [0.5, 0.6) is 0 Å². The normalized spacial score (nSPS) is 18.4. The third-order valence-electron chi connectivity index (χ3n) is 3.41. The highest BCUT2D eigenvalue weighted by molar-refractivity contribution is 7.00. The predicted molar refractivity (Wildman–Crippen MR) is 76.9 cm³/mol. The van der Waals surface area contributed by atoms with E-state index in [9.17, 15) is 14.4 Å². The van der Waals surface area contributed by atoms with Crippen molar-refractivity contribution in [3.8, 4) is 0 Å². The number of hydrogen-bond acceptors (Lipinski definition) is 7. The molecular formula is C13H12N4O4S. The number of carbonyl (C=O) groups excluding carboxylic acids is 3. The highest BCUT2D eigenvalue weighted by Crippen LogP contribution is 2.20. The van der Waals surface area contributed by atoms with E-state index < -0.39 is 23.9 Å². The second-order valence-corrected chi connectivity index (χ2v) is 5.29. The minimum Gasteiger partial charge on any atom is -0.467 e. The Bertz CT molecular complexity index is 741. The standard InChI is InChI=1S/C13H12N4O4S/c1-21-12(19)9-5-10(18)17(13(20)14-9)6-7-3-2-4-8-11(7)16-22-15-8/h2-4,9H,5-6H2,1H3,(H,14,20). The quantitative estimate of drug-likeness (QED) is 0.834. The van der Waals surface area contributed by atoms with Crippen molar-refractivity contribution in [3.05, 3.63) is 23.8 Å². The van der Waals surface area contributed by atoms with Crippen LogP contribution in [0.2, 0.25) is 0 Å². The van der Waals surface area contributed by atoms with Gasteiger partial charge in [-0.25, -0.2) is 9.59 Å². The van der Waals surface area contributed by atoms with Crippen molar-refractivity contribution in [2.24, 2.45) is 0 Å². The summed E-state index contributed by atoms with van der Waals surface area (Å²) in [6.45, 7) is 0.0846. The fraction of sp³-hybridized carbons (Fsp3) is 0.308. The Morgan fingerprint density at radius 1 is 1.45 bits per heavy atom. The van der Waals surface area contributed by atoms with Crippen molar-refractivity contribution in [3.63, 3.8) is 0 Å². The van der Waals surface area contributed by atoms with E-state index in [1.54, 1.807) is 12.1 Å². The predicted octanol–water partition coefficient (Wildman–Crippen LogP) is 0.675. The number of hydrogen-bond donors (Lipinski definition) is 1. The molecule has 2 aromatic rings. The minimum atomic E-state index is -0.932. The molecule has 3 rings (SSSR count). The Hall–Kier alpha value is -2.55. The average molecular weight is 320 g/mol. The minimum absolute atomic E-state index is 0.0846. The Balaban J connectivity index is 1.81. The second kappa shape index (κ2) is 5.68. The number of methoxy groups -OCH3 is 1. The summed E-state index contributed by atoms with van der Waals surface area (Å²) in [5, 5.41) is 2.47. The molecule has 1 atom stereocenters. The molecule has 1 fully saturated rings. The zero-order valence-corrected chi connectivity index (χ0v) is 12.4. The number of nitrogens with one attached hydrogen (secondary N) is 1. The zero-order chi connectivity index (χ0) is 15.7. The average Bonchev–Trinajstić information content (AvgIpc) is 2.99. The zero-order valence-electron chi connectivity index (χ0n) is 11.6. The summed E-state index contributed by atoms with van der Waals surface area (Å²) in [4.78, 5) is 36.7. The number of nitrogens with zero attached hydrogens (tertiary/aromatic N) is 3. The van der Waals surface area contributed by atoms with Gasteiger partial charge in [0.15, 0.2) is 0 Å². The van der Waals surface area contributed by atoms with Crippen LogP contribution in [0.15, 0.2) is 18.2 Å². The molecule has 114 valence electrons. The molecule has 0 radical (unpaired) electrons. The van der Waals surface area contributed by atoms with Crippen molar-refractivity contribution < 1.29 is 19.1 Å². The van der Waals surface area contributed by atoms with Gasteiger partial charge in [-0.15, -0.1) is 0 Å². The van der Waals surface area contributed by atoms with Crippen LogP contribution in [0.25, 0.3) is 11.0 Å². The van der Waals surface area contributed by atoms with Crippen molar-refractivity contribution in [1.29, 1.82) is 0 Å². The number of esters is 1. The number of fused-ring (bicyclic) bond motifs is 1. The first-order valence-corrected chi connectivity index (χ1v) is 7.22. The van der Waals surface area contributed by atoms with Crippen LogP contribution in [0.4, 0.5) is 4.79 Å². The number of carbonyl (C=O) groups is 3. The van der Waals surface area contributed by atoms with E-state index in [-0.39, 0.29) is 13.0 Å². The Kier molecular flexibility index (Phi) is 3.72. The van der Waals surface area contributed by atoms with Crippen LogP contribution >= 0.6 is 11.7 Å². The number of aromatic nitrogens is 2. The lowest BCUT2D eigenvalue weighted by Gasteiger charge is -2.29. The first-order valence-electron chi connectivity index (χ1n) is 6.49. The molecular weight excluding hydrogens is 308 g/mol. The molecule has 1 saturated heterocycles. The van der Waals surface area contributed by atoms with Gasteiger partial charge in [0.05, 0.1) is 31.8 Å². The molecule has 0 saturated carbocycles. The highest BCUT2D eigenvalue weighted by Gasteiger charge is 2.36. The van der Waals surface area contributed by atoms with Gasteiger partial charge in [0.2, 0.25) is 5.91 Å². The summed E-state index contributed by atoms with van der Waals surface area (Å²) >= 11 is 1.07. The SMILES string of the molecule is COC(=O)C1CC(=O)N(Cc2cccc3nsnc23)C(=O)N1. The van der Waals surface area contributed by atoms with Gasteiger partial charge in [0.25, 0.3) is 0 Å². The number of benzene rings is 1. The van der Waals surface area contributed by atoms with E-state index >= 15 is 0 Å². The van der Waals surface area contributed by atoms with Crippen molar-refractivity contribution in [2.75, 3.05) is 7.11 Å². The smallest absolute Gasteiger partial charge is 0.328 e. The Morgan fingerprint density at radius 3 is 3.00 bits per heavy atom. The number of amides is 3. The molecule has 1 unspecified atom stereocenters. The number of imide groups is 1. The number of ether oxygens (including phenoxy) is 1. The van der Waals surface area contributed by atoms with Gasteiger partial charge in [0.1, 0.15) is 17.1 Å². The third-order valence-corrected chi connectivity index (χ3v) is 3.95. The van der Waals surface area contributed by atoms with Crippen LogP contribution in [0.1, 0.15) is 12.0 Å². The lowest BCUT2D eigenvalue weighted by molar-refractivity contribution is -0.147. The van der Waals surface area contributed by atoms with Crippen LogP contribution < -0.4 is 5.32 Å². The molecule has 22 heavy (non-hydrogen) atoms. The van der Waals surface area contributed by atoms with Crippen LogP contribution in [0.3, 0.4) is 0 Å². The van der Waals surface area contributed by atoms with Gasteiger partial charge in [-0.2, -0.15) is 8.75 Å². The van der Waals surface area contributed by atoms with Crippen molar-refractivity contribution in [2.45, 2.75) is 19.0 Å². The number of rotatable bonds is 3. The Morgan fingerprint density at radius 2 is 2.27 bits per heavy atom. The van der Waals surface area contributed by atoms with E-state index in [1.807, 2.05) is 6.07 Å². The van der Waals surface area contributed by atoms with Gasteiger partial charge >= 0.3 is 12.0 Å². The van der Waals surface area contributed by atoms with Crippen molar-refractivity contribution >= 4 is 40.7 Å². The molecule has 1 aromatic heterocycles. The summed E-state index contributed by atoms with van der Waals surface area (Å²) in [6, 6.07) is 3.84. The number of urea groups is 1. The maximum absolute atomic E-state index is 12.1. The fourth-order valence-corrected chi connectivity index (χ4v) is 2.85. The molecule has 9 heteroatoms. The lowest BCUT2D eigenvalue weighted by Crippen LogP contribution is -2.57. The van der Waals surface area contributed by atoms with Crippen LogP contribution in [0, 0.1) is 0 Å². The van der Waals surface area contributed by atoms with E-state index in [4.69, 9.17) is 0 Å². The van der Waals surface area contributed by atoms with Gasteiger partial charge < -0.3 is 10.1 Å². The van der Waals surface area contributed by atoms with E-state index in [2.05, 4.69) is 18.8 Å². The van der Waals surface area contributed by atoms with E-state index in [0.29, 0.717) is 5.52 Å². The third kappa shape index (κ3) is 2.50.